The molecule has 0 fully saturated rings. The van der Waals surface area contributed by atoms with Crippen molar-refractivity contribution in [1.29, 1.82) is 0 Å². The number of carbonyl (C=O) groups excluding carboxylic acids is 2. The Balaban J connectivity index is 2.01. The molecule has 3 rings (SSSR count). The molecule has 1 N–H and O–H groups in total. The second-order valence-corrected chi connectivity index (χ2v) is 7.10. The normalized spacial score (nSPS) is 10.9. The molecule has 0 spiro atoms. The van der Waals surface area contributed by atoms with Crippen LogP contribution in [0.4, 0.5) is 5.69 Å². The Hall–Kier alpha value is -3.08. The number of ether oxygens (including phenoxy) is 1. The molecule has 5 heteroatoms. The highest BCUT2D eigenvalue weighted by atomic mass is 16.5. The standard InChI is InChI=1S/C24H27NO4/c1-4-6-7-22-23(20-15-18(25-16(3)26)10-13-21(20)29-22)24(27)17-8-11-19(12-9-17)28-14-5-2/h8-13,15H,4-7,14H2,1-3H3,(H,25,26). The van der Waals surface area contributed by atoms with Crippen LogP contribution in [0.5, 0.6) is 5.75 Å². The maximum atomic E-state index is 13.4. The number of amides is 1. The summed E-state index contributed by atoms with van der Waals surface area (Å²) in [6.07, 6.45) is 3.56. The maximum absolute atomic E-state index is 13.4. The van der Waals surface area contributed by atoms with E-state index in [0.717, 1.165) is 30.4 Å². The van der Waals surface area contributed by atoms with Crippen LogP contribution in [-0.2, 0) is 11.2 Å². The molecule has 29 heavy (non-hydrogen) atoms. The lowest BCUT2D eigenvalue weighted by molar-refractivity contribution is -0.114. The summed E-state index contributed by atoms with van der Waals surface area (Å²) in [7, 11) is 0. The van der Waals surface area contributed by atoms with Crippen molar-refractivity contribution in [2.75, 3.05) is 11.9 Å². The van der Waals surface area contributed by atoms with E-state index < -0.39 is 0 Å². The van der Waals surface area contributed by atoms with Gasteiger partial charge in [0.05, 0.1) is 12.2 Å². The van der Waals surface area contributed by atoms with E-state index in [-0.39, 0.29) is 11.7 Å². The fourth-order valence-corrected chi connectivity index (χ4v) is 3.26. The Morgan fingerprint density at radius 3 is 2.45 bits per heavy atom. The number of furan rings is 1. The number of carbonyl (C=O) groups is 2. The first kappa shape index (κ1) is 20.6. The average Bonchev–Trinajstić information content (AvgIpc) is 3.07. The number of ketones is 1. The van der Waals surface area contributed by atoms with Gasteiger partial charge in [-0.2, -0.15) is 0 Å². The quantitative estimate of drug-likeness (QED) is 0.470. The minimum Gasteiger partial charge on any atom is -0.494 e. The highest BCUT2D eigenvalue weighted by Gasteiger charge is 2.22. The van der Waals surface area contributed by atoms with Gasteiger partial charge in [-0.1, -0.05) is 20.3 Å². The Labute approximate surface area is 171 Å². The van der Waals surface area contributed by atoms with Crippen LogP contribution in [0.25, 0.3) is 11.0 Å². The lowest BCUT2D eigenvalue weighted by atomic mass is 9.98. The molecular formula is C24H27NO4. The van der Waals surface area contributed by atoms with Crippen molar-refractivity contribution in [3.8, 4) is 5.75 Å². The van der Waals surface area contributed by atoms with Gasteiger partial charge in [0, 0.05) is 30.0 Å². The van der Waals surface area contributed by atoms with Gasteiger partial charge in [0.2, 0.25) is 5.91 Å². The van der Waals surface area contributed by atoms with Crippen LogP contribution < -0.4 is 10.1 Å². The van der Waals surface area contributed by atoms with Crippen LogP contribution in [-0.4, -0.2) is 18.3 Å². The van der Waals surface area contributed by atoms with E-state index in [4.69, 9.17) is 9.15 Å². The number of aryl methyl sites for hydroxylation is 1. The first-order chi connectivity index (χ1) is 14.0. The summed E-state index contributed by atoms with van der Waals surface area (Å²) in [6.45, 7) is 6.26. The Morgan fingerprint density at radius 1 is 1.03 bits per heavy atom. The molecule has 0 atom stereocenters. The lowest BCUT2D eigenvalue weighted by Gasteiger charge is -2.07. The molecule has 0 bridgehead atoms. The van der Waals surface area contributed by atoms with Crippen LogP contribution in [0.15, 0.2) is 46.9 Å². The predicted octanol–water partition coefficient (Wildman–Crippen LogP) is 5.75. The first-order valence-corrected chi connectivity index (χ1v) is 10.1. The molecular weight excluding hydrogens is 366 g/mol. The number of hydrogen-bond acceptors (Lipinski definition) is 4. The number of benzene rings is 2. The SMILES string of the molecule is CCCCc1oc2ccc(NC(C)=O)cc2c1C(=O)c1ccc(OCCC)cc1. The molecule has 0 aliphatic carbocycles. The van der Waals surface area contributed by atoms with Crippen molar-refractivity contribution >= 4 is 28.3 Å². The number of hydrogen-bond donors (Lipinski definition) is 1. The van der Waals surface area contributed by atoms with E-state index in [1.807, 2.05) is 18.2 Å². The zero-order chi connectivity index (χ0) is 20.8. The lowest BCUT2D eigenvalue weighted by Crippen LogP contribution is -2.06. The summed E-state index contributed by atoms with van der Waals surface area (Å²) in [4.78, 5) is 24.8. The zero-order valence-corrected chi connectivity index (χ0v) is 17.2. The van der Waals surface area contributed by atoms with Crippen LogP contribution in [0.3, 0.4) is 0 Å². The van der Waals surface area contributed by atoms with Gasteiger partial charge >= 0.3 is 0 Å². The molecule has 0 radical (unpaired) electrons. The van der Waals surface area contributed by atoms with Gasteiger partial charge in [-0.3, -0.25) is 9.59 Å². The summed E-state index contributed by atoms with van der Waals surface area (Å²) >= 11 is 0. The van der Waals surface area contributed by atoms with E-state index in [1.54, 1.807) is 24.3 Å². The van der Waals surface area contributed by atoms with E-state index in [0.29, 0.717) is 41.2 Å². The third kappa shape index (κ3) is 4.86. The van der Waals surface area contributed by atoms with Crippen LogP contribution in [0.1, 0.15) is 61.7 Å². The second-order valence-electron chi connectivity index (χ2n) is 7.10. The summed E-state index contributed by atoms with van der Waals surface area (Å²) < 4.78 is 11.6. The Kier molecular flexibility index (Phi) is 6.70. The highest BCUT2D eigenvalue weighted by Crippen LogP contribution is 2.32. The van der Waals surface area contributed by atoms with Crippen molar-refractivity contribution in [3.63, 3.8) is 0 Å². The monoisotopic (exact) mass is 393 g/mol. The van der Waals surface area contributed by atoms with Gasteiger partial charge in [0.1, 0.15) is 17.1 Å². The maximum Gasteiger partial charge on any atom is 0.221 e. The number of rotatable bonds is 9. The van der Waals surface area contributed by atoms with Crippen LogP contribution in [0, 0.1) is 0 Å². The van der Waals surface area contributed by atoms with Gasteiger partial charge in [0.25, 0.3) is 0 Å². The Bertz CT molecular complexity index is 1000. The van der Waals surface area contributed by atoms with Gasteiger partial charge in [-0.25, -0.2) is 0 Å². The average molecular weight is 393 g/mol. The van der Waals surface area contributed by atoms with Gasteiger partial charge in [-0.15, -0.1) is 0 Å². The van der Waals surface area contributed by atoms with Crippen LogP contribution >= 0.6 is 0 Å². The van der Waals surface area contributed by atoms with E-state index in [2.05, 4.69) is 19.2 Å². The summed E-state index contributed by atoms with van der Waals surface area (Å²) in [5, 5.41) is 3.49. The number of anilines is 1. The molecule has 3 aromatic rings. The fourth-order valence-electron chi connectivity index (χ4n) is 3.26. The summed E-state index contributed by atoms with van der Waals surface area (Å²) in [6, 6.07) is 12.6. The Morgan fingerprint density at radius 2 is 1.79 bits per heavy atom. The molecule has 0 aliphatic rings. The smallest absolute Gasteiger partial charge is 0.221 e. The number of fused-ring (bicyclic) bond motifs is 1. The molecule has 0 saturated carbocycles. The first-order valence-electron chi connectivity index (χ1n) is 10.1. The van der Waals surface area contributed by atoms with E-state index in [1.165, 1.54) is 6.92 Å². The van der Waals surface area contributed by atoms with Crippen LogP contribution in [0.2, 0.25) is 0 Å². The minimum atomic E-state index is -0.158. The second kappa shape index (κ2) is 9.41. The van der Waals surface area contributed by atoms with Crippen molar-refractivity contribution < 1.29 is 18.7 Å². The minimum absolute atomic E-state index is 0.0862. The largest absolute Gasteiger partial charge is 0.494 e. The number of unbranched alkanes of at least 4 members (excludes halogenated alkanes) is 1. The van der Waals surface area contributed by atoms with Gasteiger partial charge in [0.15, 0.2) is 5.78 Å². The molecule has 2 aromatic carbocycles. The third-order valence-corrected chi connectivity index (χ3v) is 4.66. The molecule has 0 aliphatic heterocycles. The molecule has 1 aromatic heterocycles. The van der Waals surface area contributed by atoms with Gasteiger partial charge in [-0.05, 0) is 55.3 Å². The molecule has 5 nitrogen and oxygen atoms in total. The highest BCUT2D eigenvalue weighted by molar-refractivity contribution is 6.17. The molecule has 0 saturated heterocycles. The molecule has 152 valence electrons. The zero-order valence-electron chi connectivity index (χ0n) is 17.2. The fraction of sp³-hybridized carbons (Fsp3) is 0.333. The van der Waals surface area contributed by atoms with E-state index in [9.17, 15) is 9.59 Å². The van der Waals surface area contributed by atoms with Gasteiger partial charge < -0.3 is 14.5 Å². The summed E-state index contributed by atoms with van der Waals surface area (Å²) in [5.74, 6) is 1.20. The predicted molar refractivity (Wildman–Crippen MR) is 115 cm³/mol. The number of nitrogens with one attached hydrogen (secondary N) is 1. The van der Waals surface area contributed by atoms with Crippen molar-refractivity contribution in [1.82, 2.24) is 0 Å². The summed E-state index contributed by atoms with van der Waals surface area (Å²) in [5.41, 5.74) is 2.45. The van der Waals surface area contributed by atoms with Crippen molar-refractivity contribution in [3.05, 3.63) is 59.4 Å². The van der Waals surface area contributed by atoms with Crippen molar-refractivity contribution in [2.45, 2.75) is 46.5 Å². The van der Waals surface area contributed by atoms with E-state index >= 15 is 0 Å². The topological polar surface area (TPSA) is 68.5 Å². The third-order valence-electron chi connectivity index (χ3n) is 4.66. The molecule has 1 amide bonds. The molecule has 1 heterocycles. The molecule has 0 unspecified atom stereocenters. The van der Waals surface area contributed by atoms with Crippen molar-refractivity contribution in [2.24, 2.45) is 0 Å².